The zero-order valence-electron chi connectivity index (χ0n) is 12.8. The van der Waals surface area contributed by atoms with Crippen LogP contribution >= 0.6 is 23.6 Å². The highest BCUT2D eigenvalue weighted by Gasteiger charge is 2.08. The van der Waals surface area contributed by atoms with Gasteiger partial charge in [-0.3, -0.25) is 9.36 Å². The zero-order valence-corrected chi connectivity index (χ0v) is 14.4. The first-order valence-corrected chi connectivity index (χ1v) is 8.34. The number of H-pyrrole nitrogens is 1. The summed E-state index contributed by atoms with van der Waals surface area (Å²) in [5, 5.41) is 1.88. The Morgan fingerprint density at radius 2 is 2.00 bits per heavy atom. The molecule has 0 unspecified atom stereocenters. The Balaban J connectivity index is 1.89. The molecular formula is C16H16N2O3S2. The van der Waals surface area contributed by atoms with Crippen LogP contribution in [0.1, 0.15) is 5.56 Å². The second-order valence-electron chi connectivity index (χ2n) is 4.99. The third-order valence-electron chi connectivity index (χ3n) is 3.66. The largest absolute Gasteiger partial charge is 0.493 e. The number of thiophene rings is 1. The molecule has 0 aliphatic rings. The van der Waals surface area contributed by atoms with E-state index in [0.717, 1.165) is 11.1 Å². The fourth-order valence-corrected chi connectivity index (χ4v) is 3.53. The number of hydrogen-bond donors (Lipinski definition) is 1. The lowest BCUT2D eigenvalue weighted by Crippen LogP contribution is -2.22. The van der Waals surface area contributed by atoms with Gasteiger partial charge in [-0.1, -0.05) is 6.07 Å². The van der Waals surface area contributed by atoms with Crippen molar-refractivity contribution in [3.63, 3.8) is 0 Å². The molecule has 23 heavy (non-hydrogen) atoms. The second kappa shape index (κ2) is 6.55. The minimum atomic E-state index is -0.0424. The van der Waals surface area contributed by atoms with E-state index in [9.17, 15) is 4.79 Å². The van der Waals surface area contributed by atoms with E-state index in [-0.39, 0.29) is 5.56 Å². The Bertz CT molecular complexity index is 956. The number of aryl methyl sites for hydroxylation is 1. The molecular weight excluding hydrogens is 332 g/mol. The Labute approximate surface area is 142 Å². The molecule has 7 heteroatoms. The first-order valence-electron chi connectivity index (χ1n) is 7.05. The van der Waals surface area contributed by atoms with Crippen LogP contribution < -0.4 is 15.0 Å². The van der Waals surface area contributed by atoms with Crippen molar-refractivity contribution in [2.45, 2.75) is 13.0 Å². The van der Waals surface area contributed by atoms with Crippen molar-refractivity contribution in [2.75, 3.05) is 14.2 Å². The minimum absolute atomic E-state index is 0.0424. The molecule has 0 fully saturated rings. The predicted octanol–water partition coefficient (Wildman–Crippen LogP) is 3.38. The van der Waals surface area contributed by atoms with Crippen molar-refractivity contribution in [1.29, 1.82) is 0 Å². The SMILES string of the molecule is COc1ccc(CCn2c(=S)[nH]c3ccsc3c2=O)cc1OC. The van der Waals surface area contributed by atoms with Crippen LogP contribution in [0.3, 0.4) is 0 Å². The molecule has 3 rings (SSSR count). The van der Waals surface area contributed by atoms with Crippen molar-refractivity contribution < 1.29 is 9.47 Å². The van der Waals surface area contributed by atoms with E-state index in [1.807, 2.05) is 29.6 Å². The van der Waals surface area contributed by atoms with Gasteiger partial charge in [0.05, 0.1) is 19.7 Å². The highest BCUT2D eigenvalue weighted by Crippen LogP contribution is 2.27. The van der Waals surface area contributed by atoms with Gasteiger partial charge in [-0.05, 0) is 47.8 Å². The molecule has 0 bridgehead atoms. The van der Waals surface area contributed by atoms with E-state index < -0.39 is 0 Å². The highest BCUT2D eigenvalue weighted by molar-refractivity contribution is 7.71. The van der Waals surface area contributed by atoms with Crippen molar-refractivity contribution in [3.05, 3.63) is 50.3 Å². The summed E-state index contributed by atoms with van der Waals surface area (Å²) in [6.07, 6.45) is 0.675. The average Bonchev–Trinajstić information content (AvgIpc) is 3.02. The Morgan fingerprint density at radius 1 is 1.22 bits per heavy atom. The monoisotopic (exact) mass is 348 g/mol. The van der Waals surface area contributed by atoms with Crippen LogP contribution in [-0.2, 0) is 13.0 Å². The number of ether oxygens (including phenoxy) is 2. The van der Waals surface area contributed by atoms with Crippen LogP contribution in [0.2, 0.25) is 0 Å². The zero-order chi connectivity index (χ0) is 16.4. The molecule has 2 aromatic heterocycles. The normalized spacial score (nSPS) is 10.9. The lowest BCUT2D eigenvalue weighted by Gasteiger charge is -2.10. The third kappa shape index (κ3) is 3.02. The van der Waals surface area contributed by atoms with Gasteiger partial charge in [-0.2, -0.15) is 0 Å². The lowest BCUT2D eigenvalue weighted by atomic mass is 10.1. The summed E-state index contributed by atoms with van der Waals surface area (Å²) in [6.45, 7) is 0.511. The first kappa shape index (κ1) is 15.8. The van der Waals surface area contributed by atoms with E-state index >= 15 is 0 Å². The molecule has 0 radical (unpaired) electrons. The fourth-order valence-electron chi connectivity index (χ4n) is 2.45. The number of hydrogen-bond acceptors (Lipinski definition) is 5. The molecule has 0 spiro atoms. The van der Waals surface area contributed by atoms with Gasteiger partial charge in [-0.15, -0.1) is 11.3 Å². The van der Waals surface area contributed by atoms with Gasteiger partial charge in [0.25, 0.3) is 5.56 Å². The summed E-state index contributed by atoms with van der Waals surface area (Å²) in [7, 11) is 3.21. The van der Waals surface area contributed by atoms with Gasteiger partial charge in [0.2, 0.25) is 0 Å². The van der Waals surface area contributed by atoms with Crippen molar-refractivity contribution in [3.8, 4) is 11.5 Å². The van der Waals surface area contributed by atoms with Crippen LogP contribution in [0.25, 0.3) is 10.2 Å². The molecule has 1 aromatic carbocycles. The van der Waals surface area contributed by atoms with Gasteiger partial charge in [0, 0.05) is 6.54 Å². The Kier molecular flexibility index (Phi) is 4.49. The smallest absolute Gasteiger partial charge is 0.272 e. The number of nitrogens with one attached hydrogen (secondary N) is 1. The van der Waals surface area contributed by atoms with Crippen LogP contribution in [0.5, 0.6) is 11.5 Å². The minimum Gasteiger partial charge on any atom is -0.493 e. The molecule has 0 saturated heterocycles. The maximum absolute atomic E-state index is 12.5. The first-order chi connectivity index (χ1) is 11.1. The number of rotatable bonds is 5. The van der Waals surface area contributed by atoms with E-state index in [1.165, 1.54) is 11.3 Å². The number of nitrogens with zero attached hydrogens (tertiary/aromatic N) is 1. The van der Waals surface area contributed by atoms with Crippen molar-refractivity contribution in [1.82, 2.24) is 9.55 Å². The molecule has 5 nitrogen and oxygen atoms in total. The number of methoxy groups -OCH3 is 2. The number of aromatic nitrogens is 2. The third-order valence-corrected chi connectivity index (χ3v) is 4.89. The highest BCUT2D eigenvalue weighted by atomic mass is 32.1. The molecule has 120 valence electrons. The molecule has 1 N–H and O–H groups in total. The maximum Gasteiger partial charge on any atom is 0.272 e. The van der Waals surface area contributed by atoms with Crippen molar-refractivity contribution in [2.24, 2.45) is 0 Å². The summed E-state index contributed by atoms with van der Waals surface area (Å²) < 4.78 is 13.3. The summed E-state index contributed by atoms with van der Waals surface area (Å²) in [5.41, 5.74) is 1.81. The van der Waals surface area contributed by atoms with Crippen LogP contribution in [-0.4, -0.2) is 23.8 Å². The molecule has 0 aliphatic carbocycles. The number of fused-ring (bicyclic) bond motifs is 1. The van der Waals surface area contributed by atoms with E-state index in [2.05, 4.69) is 4.98 Å². The van der Waals surface area contributed by atoms with Gasteiger partial charge in [-0.25, -0.2) is 0 Å². The second-order valence-corrected chi connectivity index (χ2v) is 6.29. The maximum atomic E-state index is 12.5. The molecule has 0 saturated carbocycles. The van der Waals surface area contributed by atoms with E-state index in [1.54, 1.807) is 18.8 Å². The molecule has 0 amide bonds. The summed E-state index contributed by atoms with van der Waals surface area (Å²) in [5.74, 6) is 1.36. The Morgan fingerprint density at radius 3 is 2.74 bits per heavy atom. The van der Waals surface area contributed by atoms with Crippen LogP contribution in [0.15, 0.2) is 34.4 Å². The summed E-state index contributed by atoms with van der Waals surface area (Å²) in [4.78, 5) is 15.6. The number of benzene rings is 1. The van der Waals surface area contributed by atoms with Gasteiger partial charge >= 0.3 is 0 Å². The Hall–Kier alpha value is -2.12. The van der Waals surface area contributed by atoms with E-state index in [0.29, 0.717) is 33.9 Å². The molecule has 2 heterocycles. The average molecular weight is 348 g/mol. The van der Waals surface area contributed by atoms with Crippen molar-refractivity contribution >= 4 is 33.8 Å². The summed E-state index contributed by atoms with van der Waals surface area (Å²) in [6, 6.07) is 7.61. The number of aromatic amines is 1. The van der Waals surface area contributed by atoms with Gasteiger partial charge in [0.1, 0.15) is 4.70 Å². The summed E-state index contributed by atoms with van der Waals surface area (Å²) >= 11 is 6.73. The standard InChI is InChI=1S/C16H16N2O3S2/c1-20-12-4-3-10(9-13(12)21-2)5-7-18-15(19)14-11(6-8-23-14)17-16(18)22/h3-4,6,8-9H,5,7H2,1-2H3,(H,17,22). The van der Waals surface area contributed by atoms with Gasteiger partial charge in [0.15, 0.2) is 16.3 Å². The molecule has 0 atom stereocenters. The lowest BCUT2D eigenvalue weighted by molar-refractivity contribution is 0.354. The predicted molar refractivity (Wildman–Crippen MR) is 94.5 cm³/mol. The fraction of sp³-hybridized carbons (Fsp3) is 0.250. The van der Waals surface area contributed by atoms with Crippen LogP contribution in [0.4, 0.5) is 0 Å². The molecule has 0 aliphatic heterocycles. The molecule has 3 aromatic rings. The van der Waals surface area contributed by atoms with E-state index in [4.69, 9.17) is 21.7 Å². The quantitative estimate of drug-likeness (QED) is 0.718. The topological polar surface area (TPSA) is 56.2 Å². The van der Waals surface area contributed by atoms with Crippen LogP contribution in [0, 0.1) is 4.77 Å². The van der Waals surface area contributed by atoms with Gasteiger partial charge < -0.3 is 14.5 Å².